The Kier molecular flexibility index (Phi) is 2.88. The molecular weight excluding hydrogens is 236 g/mol. The third kappa shape index (κ3) is 1.84. The van der Waals surface area contributed by atoms with Crippen LogP contribution in [0.5, 0.6) is 0 Å². The smallest absolute Gasteiger partial charge is 0.244 e. The van der Waals surface area contributed by atoms with Crippen molar-refractivity contribution >= 4 is 11.8 Å². The molecule has 0 aliphatic carbocycles. The van der Waals surface area contributed by atoms with Crippen LogP contribution in [0.2, 0.25) is 0 Å². The lowest BCUT2D eigenvalue weighted by molar-refractivity contribution is -0.172. The van der Waals surface area contributed by atoms with Crippen LogP contribution in [0, 0.1) is 5.92 Å². The SMILES string of the molecule is CC(C)C1OC[C@@H]2[C@H](CO1)N2N1C(=O)CCC1=O. The largest absolute Gasteiger partial charge is 0.351 e. The van der Waals surface area contributed by atoms with Gasteiger partial charge in [0.05, 0.1) is 25.3 Å². The molecule has 100 valence electrons. The van der Waals surface area contributed by atoms with Gasteiger partial charge < -0.3 is 9.47 Å². The van der Waals surface area contributed by atoms with Crippen molar-refractivity contribution in [2.45, 2.75) is 45.1 Å². The molecule has 18 heavy (non-hydrogen) atoms. The first-order valence-electron chi connectivity index (χ1n) is 6.47. The highest BCUT2D eigenvalue weighted by Gasteiger charge is 2.57. The number of fused-ring (bicyclic) bond motifs is 1. The molecule has 3 fully saturated rings. The van der Waals surface area contributed by atoms with Gasteiger partial charge in [0.25, 0.3) is 0 Å². The van der Waals surface area contributed by atoms with Gasteiger partial charge in [-0.3, -0.25) is 9.59 Å². The number of amides is 2. The van der Waals surface area contributed by atoms with Gasteiger partial charge in [0, 0.05) is 18.8 Å². The Morgan fingerprint density at radius 2 is 1.56 bits per heavy atom. The third-order valence-electron chi connectivity index (χ3n) is 3.70. The number of carbonyl (C=O) groups excluding carboxylic acids is 2. The maximum atomic E-state index is 11.6. The zero-order valence-electron chi connectivity index (χ0n) is 10.7. The minimum atomic E-state index is -0.176. The van der Waals surface area contributed by atoms with E-state index in [0.717, 1.165) is 0 Å². The second-order valence-electron chi connectivity index (χ2n) is 5.39. The Labute approximate surface area is 106 Å². The second-order valence-corrected chi connectivity index (χ2v) is 5.39. The molecule has 3 heterocycles. The fraction of sp³-hybridized carbons (Fsp3) is 0.833. The molecule has 3 aliphatic rings. The molecule has 0 aromatic rings. The van der Waals surface area contributed by atoms with Crippen molar-refractivity contribution in [3.63, 3.8) is 0 Å². The lowest BCUT2D eigenvalue weighted by Gasteiger charge is -2.23. The van der Waals surface area contributed by atoms with Crippen molar-refractivity contribution in [1.29, 1.82) is 0 Å². The van der Waals surface area contributed by atoms with Crippen LogP contribution in [0.3, 0.4) is 0 Å². The summed E-state index contributed by atoms with van der Waals surface area (Å²) in [4.78, 5) is 23.3. The summed E-state index contributed by atoms with van der Waals surface area (Å²) in [5, 5.41) is 3.10. The zero-order chi connectivity index (χ0) is 12.9. The summed E-state index contributed by atoms with van der Waals surface area (Å²) >= 11 is 0. The number of imide groups is 1. The Hall–Kier alpha value is -0.980. The van der Waals surface area contributed by atoms with Crippen LogP contribution >= 0.6 is 0 Å². The summed E-state index contributed by atoms with van der Waals surface area (Å²) in [5.41, 5.74) is 0. The van der Waals surface area contributed by atoms with Gasteiger partial charge in [-0.15, -0.1) is 0 Å². The van der Waals surface area contributed by atoms with E-state index in [2.05, 4.69) is 0 Å². The summed E-state index contributed by atoms with van der Waals surface area (Å²) in [5.74, 6) is 0.105. The Morgan fingerprint density at radius 3 is 2.00 bits per heavy atom. The quantitative estimate of drug-likeness (QED) is 0.518. The van der Waals surface area contributed by atoms with E-state index in [0.29, 0.717) is 32.0 Å². The van der Waals surface area contributed by atoms with Crippen LogP contribution in [0.15, 0.2) is 0 Å². The highest BCUT2D eigenvalue weighted by molar-refractivity contribution is 6.01. The summed E-state index contributed by atoms with van der Waals surface area (Å²) in [6.45, 7) is 5.13. The number of carbonyl (C=O) groups is 2. The van der Waals surface area contributed by atoms with Gasteiger partial charge >= 0.3 is 0 Å². The standard InChI is InChI=1S/C12H18N2O4/c1-7(2)12-17-5-8-9(6-18-12)13(8)14-10(15)3-4-11(14)16/h7-9,12H,3-6H2,1-2H3/t8-,9+,12?,13?. The van der Waals surface area contributed by atoms with E-state index in [-0.39, 0.29) is 30.2 Å². The molecule has 2 unspecified atom stereocenters. The predicted octanol–water partition coefficient (Wildman–Crippen LogP) is 0.132. The van der Waals surface area contributed by atoms with Crippen molar-refractivity contribution in [3.8, 4) is 0 Å². The fourth-order valence-corrected chi connectivity index (χ4v) is 2.63. The summed E-state index contributed by atoms with van der Waals surface area (Å²) in [6, 6.07) is 0.222. The van der Waals surface area contributed by atoms with E-state index in [9.17, 15) is 9.59 Å². The first-order valence-corrected chi connectivity index (χ1v) is 6.47. The first-order chi connectivity index (χ1) is 8.59. The van der Waals surface area contributed by atoms with Crippen LogP contribution < -0.4 is 0 Å². The van der Waals surface area contributed by atoms with Gasteiger partial charge in [-0.25, -0.2) is 5.01 Å². The molecule has 0 aromatic carbocycles. The number of ether oxygens (including phenoxy) is 2. The average molecular weight is 254 g/mol. The molecule has 4 atom stereocenters. The van der Waals surface area contributed by atoms with Gasteiger partial charge in [-0.1, -0.05) is 13.8 Å². The van der Waals surface area contributed by atoms with Gasteiger partial charge in [-0.05, 0) is 0 Å². The molecule has 0 spiro atoms. The van der Waals surface area contributed by atoms with E-state index in [4.69, 9.17) is 9.47 Å². The second kappa shape index (κ2) is 4.29. The molecule has 6 nitrogen and oxygen atoms in total. The van der Waals surface area contributed by atoms with Crippen molar-refractivity contribution < 1.29 is 19.1 Å². The van der Waals surface area contributed by atoms with Crippen LogP contribution in [-0.4, -0.2) is 53.4 Å². The molecule has 2 amide bonds. The lowest BCUT2D eigenvalue weighted by atomic mass is 10.2. The normalized spacial score (nSPS) is 40.1. The molecular formula is C12H18N2O4. The molecule has 0 saturated carbocycles. The lowest BCUT2D eigenvalue weighted by Crippen LogP contribution is -2.39. The van der Waals surface area contributed by atoms with Crippen LogP contribution in [0.4, 0.5) is 0 Å². The molecule has 3 saturated heterocycles. The average Bonchev–Trinajstić information content (AvgIpc) is 2.94. The number of hydrogen-bond donors (Lipinski definition) is 0. The van der Waals surface area contributed by atoms with E-state index in [1.54, 1.807) is 0 Å². The van der Waals surface area contributed by atoms with Crippen molar-refractivity contribution in [2.75, 3.05) is 13.2 Å². The summed E-state index contributed by atoms with van der Waals surface area (Å²) in [7, 11) is 0. The van der Waals surface area contributed by atoms with Crippen LogP contribution in [-0.2, 0) is 19.1 Å². The van der Waals surface area contributed by atoms with Crippen molar-refractivity contribution in [2.24, 2.45) is 5.92 Å². The maximum Gasteiger partial charge on any atom is 0.244 e. The molecule has 3 rings (SSSR count). The predicted molar refractivity (Wildman–Crippen MR) is 61.0 cm³/mol. The fourth-order valence-electron chi connectivity index (χ4n) is 2.63. The van der Waals surface area contributed by atoms with Gasteiger partial charge in [0.2, 0.25) is 11.8 Å². The van der Waals surface area contributed by atoms with Crippen LogP contribution in [0.1, 0.15) is 26.7 Å². The number of nitrogens with zero attached hydrogens (tertiary/aromatic N) is 2. The van der Waals surface area contributed by atoms with Crippen molar-refractivity contribution in [1.82, 2.24) is 10.0 Å². The van der Waals surface area contributed by atoms with Gasteiger partial charge in [-0.2, -0.15) is 5.01 Å². The van der Waals surface area contributed by atoms with E-state index in [1.165, 1.54) is 5.01 Å². The maximum absolute atomic E-state index is 11.6. The van der Waals surface area contributed by atoms with E-state index in [1.807, 2.05) is 18.9 Å². The minimum Gasteiger partial charge on any atom is -0.351 e. The Bertz CT molecular complexity index is 354. The monoisotopic (exact) mass is 254 g/mol. The van der Waals surface area contributed by atoms with E-state index >= 15 is 0 Å². The highest BCUT2D eigenvalue weighted by Crippen LogP contribution is 2.37. The van der Waals surface area contributed by atoms with Gasteiger partial charge in [0.1, 0.15) is 0 Å². The Balaban J connectivity index is 1.64. The number of hydrogen-bond acceptors (Lipinski definition) is 5. The van der Waals surface area contributed by atoms with Gasteiger partial charge in [0.15, 0.2) is 6.29 Å². The molecule has 0 radical (unpaired) electrons. The molecule has 0 bridgehead atoms. The highest BCUT2D eigenvalue weighted by atomic mass is 16.7. The van der Waals surface area contributed by atoms with Crippen molar-refractivity contribution in [3.05, 3.63) is 0 Å². The van der Waals surface area contributed by atoms with E-state index < -0.39 is 0 Å². The summed E-state index contributed by atoms with van der Waals surface area (Å²) in [6.07, 6.45) is 0.473. The third-order valence-corrected chi connectivity index (χ3v) is 3.70. The molecule has 6 heteroatoms. The number of rotatable bonds is 2. The zero-order valence-corrected chi connectivity index (χ0v) is 10.7. The first kappa shape index (κ1) is 12.1. The Morgan fingerprint density at radius 1 is 1.06 bits per heavy atom. The van der Waals surface area contributed by atoms with Crippen LogP contribution in [0.25, 0.3) is 0 Å². The molecule has 3 aliphatic heterocycles. The molecule has 0 N–H and O–H groups in total. The number of hydrazine groups is 1. The summed E-state index contributed by atoms with van der Waals surface area (Å²) < 4.78 is 11.3. The topological polar surface area (TPSA) is 58.9 Å². The molecule has 0 aromatic heterocycles. The minimum absolute atomic E-state index is 0.103.